The summed E-state index contributed by atoms with van der Waals surface area (Å²) < 4.78 is 5.80. The number of nitrogens with one attached hydrogen (secondary N) is 1. The number of hydrogen-bond acceptors (Lipinski definition) is 4. The van der Waals surface area contributed by atoms with Gasteiger partial charge in [-0.15, -0.1) is 0 Å². The molecule has 0 unspecified atom stereocenters. The number of anilines is 1. The lowest BCUT2D eigenvalue weighted by atomic mass is 9.95. The summed E-state index contributed by atoms with van der Waals surface area (Å²) in [5.41, 5.74) is 0. The van der Waals surface area contributed by atoms with E-state index in [2.05, 4.69) is 16.6 Å². The van der Waals surface area contributed by atoms with Crippen LogP contribution in [0.3, 0.4) is 0 Å². The average Bonchev–Trinajstić information content (AvgIpc) is 2.41. The predicted octanol–water partition coefficient (Wildman–Crippen LogP) is 3.95. The molecule has 0 aliphatic heterocycles. The van der Waals surface area contributed by atoms with Crippen LogP contribution in [0.2, 0.25) is 0 Å². The van der Waals surface area contributed by atoms with E-state index >= 15 is 0 Å². The van der Waals surface area contributed by atoms with Crippen molar-refractivity contribution in [3.63, 3.8) is 0 Å². The van der Waals surface area contributed by atoms with E-state index in [4.69, 9.17) is 4.74 Å². The fourth-order valence-corrected chi connectivity index (χ4v) is 3.23. The molecule has 0 atom stereocenters. The van der Waals surface area contributed by atoms with Crippen molar-refractivity contribution in [2.45, 2.75) is 56.9 Å². The number of ether oxygens (including phenoxy) is 1. The van der Waals surface area contributed by atoms with Crippen molar-refractivity contribution < 1.29 is 4.74 Å². The molecule has 4 heteroatoms. The first-order valence-electron chi connectivity index (χ1n) is 7.10. The van der Waals surface area contributed by atoms with Crippen LogP contribution in [0.1, 0.15) is 39.5 Å². The van der Waals surface area contributed by atoms with Gasteiger partial charge in [0.15, 0.2) is 11.6 Å². The molecule has 1 aromatic heterocycles. The van der Waals surface area contributed by atoms with Crippen LogP contribution in [0.4, 0.5) is 5.82 Å². The standard InChI is InChI=1S/C15H24N2OS/c1-11(2)18-14-5-4-10-16-15(14)17-12-6-8-13(19-3)9-7-12/h4-5,10-13H,6-9H2,1-3H3,(H,16,17). The highest BCUT2D eigenvalue weighted by molar-refractivity contribution is 7.99. The molecule has 0 aromatic carbocycles. The first kappa shape index (κ1) is 14.5. The van der Waals surface area contributed by atoms with Gasteiger partial charge in [0.2, 0.25) is 0 Å². The maximum atomic E-state index is 5.80. The third-order valence-electron chi connectivity index (χ3n) is 3.48. The Kier molecular flexibility index (Phi) is 5.37. The van der Waals surface area contributed by atoms with E-state index in [1.165, 1.54) is 25.7 Å². The highest BCUT2D eigenvalue weighted by Gasteiger charge is 2.21. The SMILES string of the molecule is CSC1CCC(Nc2ncccc2OC(C)C)CC1. The van der Waals surface area contributed by atoms with Gasteiger partial charge in [0.1, 0.15) is 0 Å². The smallest absolute Gasteiger partial charge is 0.168 e. The van der Waals surface area contributed by atoms with E-state index in [1.807, 2.05) is 43.9 Å². The zero-order valence-electron chi connectivity index (χ0n) is 12.1. The maximum absolute atomic E-state index is 5.80. The summed E-state index contributed by atoms with van der Waals surface area (Å²) in [6.07, 6.45) is 9.26. The third-order valence-corrected chi connectivity index (χ3v) is 4.62. The van der Waals surface area contributed by atoms with Gasteiger partial charge in [-0.3, -0.25) is 0 Å². The normalized spacial score (nSPS) is 23.4. The van der Waals surface area contributed by atoms with Gasteiger partial charge in [0.05, 0.1) is 6.10 Å². The number of hydrogen-bond donors (Lipinski definition) is 1. The van der Waals surface area contributed by atoms with E-state index in [1.54, 1.807) is 0 Å². The molecule has 0 amide bonds. The summed E-state index contributed by atoms with van der Waals surface area (Å²) in [6.45, 7) is 4.08. The Morgan fingerprint density at radius 3 is 2.68 bits per heavy atom. The first-order valence-corrected chi connectivity index (χ1v) is 8.39. The lowest BCUT2D eigenvalue weighted by molar-refractivity contribution is 0.242. The number of aromatic nitrogens is 1. The molecule has 19 heavy (non-hydrogen) atoms. The molecule has 1 aliphatic carbocycles. The van der Waals surface area contributed by atoms with Crippen molar-refractivity contribution in [2.75, 3.05) is 11.6 Å². The van der Waals surface area contributed by atoms with Crippen molar-refractivity contribution >= 4 is 17.6 Å². The minimum absolute atomic E-state index is 0.178. The Morgan fingerprint density at radius 2 is 2.05 bits per heavy atom. The minimum Gasteiger partial charge on any atom is -0.487 e. The lowest BCUT2D eigenvalue weighted by Crippen LogP contribution is -2.27. The fourth-order valence-electron chi connectivity index (χ4n) is 2.48. The second kappa shape index (κ2) is 7.04. The molecule has 3 nitrogen and oxygen atoms in total. The van der Waals surface area contributed by atoms with Gasteiger partial charge in [-0.25, -0.2) is 4.98 Å². The summed E-state index contributed by atoms with van der Waals surface area (Å²) in [4.78, 5) is 4.42. The topological polar surface area (TPSA) is 34.2 Å². The van der Waals surface area contributed by atoms with E-state index in [0.717, 1.165) is 16.8 Å². The van der Waals surface area contributed by atoms with Crippen molar-refractivity contribution in [1.82, 2.24) is 4.98 Å². The second-order valence-corrected chi connectivity index (χ2v) is 6.51. The largest absolute Gasteiger partial charge is 0.487 e. The van der Waals surface area contributed by atoms with Gasteiger partial charge >= 0.3 is 0 Å². The van der Waals surface area contributed by atoms with Gasteiger partial charge in [0.25, 0.3) is 0 Å². The zero-order chi connectivity index (χ0) is 13.7. The molecule has 1 aromatic rings. The Bertz CT molecular complexity index is 389. The van der Waals surface area contributed by atoms with Crippen molar-refractivity contribution in [1.29, 1.82) is 0 Å². The summed E-state index contributed by atoms with van der Waals surface area (Å²) in [5.74, 6) is 1.76. The molecule has 1 saturated carbocycles. The molecule has 1 aliphatic rings. The van der Waals surface area contributed by atoms with E-state index in [-0.39, 0.29) is 6.10 Å². The molecular formula is C15H24N2OS. The molecule has 1 fully saturated rings. The van der Waals surface area contributed by atoms with Gasteiger partial charge in [-0.1, -0.05) is 0 Å². The highest BCUT2D eigenvalue weighted by Crippen LogP contribution is 2.30. The zero-order valence-corrected chi connectivity index (χ0v) is 12.9. The molecule has 1 heterocycles. The minimum atomic E-state index is 0.178. The fraction of sp³-hybridized carbons (Fsp3) is 0.667. The van der Waals surface area contributed by atoms with Crippen LogP contribution in [-0.2, 0) is 0 Å². The lowest BCUT2D eigenvalue weighted by Gasteiger charge is -2.29. The van der Waals surface area contributed by atoms with Crippen LogP contribution in [0, 0.1) is 0 Å². The quantitative estimate of drug-likeness (QED) is 0.885. The van der Waals surface area contributed by atoms with Gasteiger partial charge in [0, 0.05) is 17.5 Å². The molecule has 106 valence electrons. The number of pyridine rings is 1. The van der Waals surface area contributed by atoms with Crippen LogP contribution >= 0.6 is 11.8 Å². The van der Waals surface area contributed by atoms with Crippen LogP contribution in [0.25, 0.3) is 0 Å². The van der Waals surface area contributed by atoms with E-state index < -0.39 is 0 Å². The second-order valence-electron chi connectivity index (χ2n) is 5.37. The van der Waals surface area contributed by atoms with Crippen LogP contribution < -0.4 is 10.1 Å². The summed E-state index contributed by atoms with van der Waals surface area (Å²) >= 11 is 2.00. The Labute approximate surface area is 120 Å². The average molecular weight is 280 g/mol. The van der Waals surface area contributed by atoms with Gasteiger partial charge in [-0.05, 0) is 57.9 Å². The van der Waals surface area contributed by atoms with Gasteiger partial charge in [-0.2, -0.15) is 11.8 Å². The molecule has 1 N–H and O–H groups in total. The van der Waals surface area contributed by atoms with Gasteiger partial charge < -0.3 is 10.1 Å². The number of thioether (sulfide) groups is 1. The van der Waals surface area contributed by atoms with Crippen LogP contribution in [0.15, 0.2) is 18.3 Å². The molecule has 0 radical (unpaired) electrons. The van der Waals surface area contributed by atoms with E-state index in [0.29, 0.717) is 6.04 Å². The molecule has 0 spiro atoms. The number of nitrogens with zero attached hydrogens (tertiary/aromatic N) is 1. The summed E-state index contributed by atoms with van der Waals surface area (Å²) in [5, 5.41) is 4.39. The predicted molar refractivity (Wildman–Crippen MR) is 83.2 cm³/mol. The first-order chi connectivity index (χ1) is 9.19. The van der Waals surface area contributed by atoms with Crippen molar-refractivity contribution in [2.24, 2.45) is 0 Å². The Balaban J connectivity index is 1.95. The Morgan fingerprint density at radius 1 is 1.32 bits per heavy atom. The van der Waals surface area contributed by atoms with Crippen LogP contribution in [0.5, 0.6) is 5.75 Å². The molecular weight excluding hydrogens is 256 g/mol. The molecule has 0 saturated heterocycles. The van der Waals surface area contributed by atoms with E-state index in [9.17, 15) is 0 Å². The molecule has 0 bridgehead atoms. The van der Waals surface area contributed by atoms with Crippen molar-refractivity contribution in [3.8, 4) is 5.75 Å². The molecule has 2 rings (SSSR count). The van der Waals surface area contributed by atoms with Crippen molar-refractivity contribution in [3.05, 3.63) is 18.3 Å². The maximum Gasteiger partial charge on any atom is 0.168 e. The summed E-state index contributed by atoms with van der Waals surface area (Å²) in [6, 6.07) is 4.45. The third kappa shape index (κ3) is 4.30. The number of rotatable bonds is 5. The monoisotopic (exact) mass is 280 g/mol. The van der Waals surface area contributed by atoms with Crippen LogP contribution in [-0.4, -0.2) is 28.6 Å². The summed E-state index contributed by atoms with van der Waals surface area (Å²) in [7, 11) is 0. The Hall–Kier alpha value is -0.900. The highest BCUT2D eigenvalue weighted by atomic mass is 32.2.